The lowest BCUT2D eigenvalue weighted by Gasteiger charge is -2.14. The number of fused-ring (bicyclic) bond motifs is 1. The Balaban J connectivity index is 1.69. The number of carbonyl (C=O) groups is 1. The molecular formula is C20H16FN3O4. The van der Waals surface area contributed by atoms with Gasteiger partial charge in [0.05, 0.1) is 16.7 Å². The van der Waals surface area contributed by atoms with Crippen LogP contribution in [0.1, 0.15) is 34.6 Å². The molecule has 0 unspecified atom stereocenters. The third kappa shape index (κ3) is 3.36. The van der Waals surface area contributed by atoms with Crippen molar-refractivity contribution in [3.8, 4) is 11.4 Å². The summed E-state index contributed by atoms with van der Waals surface area (Å²) in [6, 6.07) is 11.3. The number of carbonyl (C=O) groups excluding carboxylic acids is 1. The van der Waals surface area contributed by atoms with Crippen molar-refractivity contribution in [3.05, 3.63) is 81.4 Å². The summed E-state index contributed by atoms with van der Waals surface area (Å²) in [5.41, 5.74) is 2.40. The number of halogens is 1. The highest BCUT2D eigenvalue weighted by Crippen LogP contribution is 2.28. The molecule has 0 spiro atoms. The number of hydrogen-bond donors (Lipinski definition) is 0. The number of nitro benzene ring substituents is 1. The first-order valence-electron chi connectivity index (χ1n) is 8.86. The first-order valence-corrected chi connectivity index (χ1v) is 8.86. The van der Waals surface area contributed by atoms with Crippen LogP contribution in [-0.4, -0.2) is 20.7 Å². The quantitative estimate of drug-likeness (QED) is 0.295. The summed E-state index contributed by atoms with van der Waals surface area (Å²) in [6.45, 7) is 0. The average molecular weight is 381 g/mol. The fourth-order valence-corrected chi connectivity index (χ4v) is 3.37. The summed E-state index contributed by atoms with van der Waals surface area (Å²) in [7, 11) is 0. The van der Waals surface area contributed by atoms with E-state index < -0.39 is 10.9 Å². The average Bonchev–Trinajstić information content (AvgIpc) is 3.09. The van der Waals surface area contributed by atoms with Crippen LogP contribution in [0.15, 0.2) is 48.5 Å². The molecule has 2 aromatic carbocycles. The number of rotatable bonds is 4. The predicted molar refractivity (Wildman–Crippen MR) is 98.2 cm³/mol. The third-order valence-electron chi connectivity index (χ3n) is 4.68. The first-order chi connectivity index (χ1) is 13.5. The van der Waals surface area contributed by atoms with Crippen LogP contribution in [0, 0.1) is 15.9 Å². The van der Waals surface area contributed by atoms with Gasteiger partial charge < -0.3 is 4.74 Å². The Labute approximate surface area is 159 Å². The number of nitrogens with zero attached hydrogens (tertiary/aromatic N) is 3. The molecule has 0 amide bonds. The molecule has 142 valence electrons. The maximum atomic E-state index is 13.3. The lowest BCUT2D eigenvalue weighted by molar-refractivity contribution is -0.384. The van der Waals surface area contributed by atoms with Crippen molar-refractivity contribution in [2.24, 2.45) is 0 Å². The number of ether oxygens (including phenoxy) is 1. The van der Waals surface area contributed by atoms with E-state index in [1.807, 2.05) is 0 Å². The van der Waals surface area contributed by atoms with Gasteiger partial charge in [-0.1, -0.05) is 6.07 Å². The monoisotopic (exact) mass is 381 g/mol. The van der Waals surface area contributed by atoms with Gasteiger partial charge in [0, 0.05) is 17.3 Å². The summed E-state index contributed by atoms with van der Waals surface area (Å²) in [5.74, 6) is -0.935. The zero-order valence-corrected chi connectivity index (χ0v) is 14.8. The fraction of sp³-hybridized carbons (Fsp3) is 0.200. The molecule has 0 saturated carbocycles. The molecule has 28 heavy (non-hydrogen) atoms. The summed E-state index contributed by atoms with van der Waals surface area (Å²) in [6.07, 6.45) is 3.35. The van der Waals surface area contributed by atoms with E-state index in [1.54, 1.807) is 16.8 Å². The van der Waals surface area contributed by atoms with Crippen molar-refractivity contribution in [2.75, 3.05) is 0 Å². The van der Waals surface area contributed by atoms with E-state index in [0.717, 1.165) is 30.5 Å². The van der Waals surface area contributed by atoms with Crippen LogP contribution in [0.3, 0.4) is 0 Å². The predicted octanol–water partition coefficient (Wildman–Crippen LogP) is 4.02. The Hall–Kier alpha value is -3.55. The highest BCUT2D eigenvalue weighted by atomic mass is 19.1. The Morgan fingerprint density at radius 1 is 1.14 bits per heavy atom. The second kappa shape index (κ2) is 7.22. The second-order valence-corrected chi connectivity index (χ2v) is 6.51. The highest BCUT2D eigenvalue weighted by Gasteiger charge is 2.27. The van der Waals surface area contributed by atoms with Gasteiger partial charge in [0.15, 0.2) is 5.69 Å². The van der Waals surface area contributed by atoms with E-state index in [1.165, 1.54) is 36.4 Å². The van der Waals surface area contributed by atoms with Gasteiger partial charge in [-0.25, -0.2) is 13.9 Å². The summed E-state index contributed by atoms with van der Waals surface area (Å²) in [4.78, 5) is 23.1. The molecule has 8 heteroatoms. The van der Waals surface area contributed by atoms with Crippen molar-refractivity contribution in [1.29, 1.82) is 0 Å². The maximum absolute atomic E-state index is 13.3. The van der Waals surface area contributed by atoms with E-state index in [4.69, 9.17) is 4.74 Å². The third-order valence-corrected chi connectivity index (χ3v) is 4.68. The molecule has 7 nitrogen and oxygen atoms in total. The van der Waals surface area contributed by atoms with Gasteiger partial charge in [0.1, 0.15) is 11.6 Å². The van der Waals surface area contributed by atoms with Crippen LogP contribution < -0.4 is 4.74 Å². The number of esters is 1. The molecule has 0 aliphatic heterocycles. The van der Waals surface area contributed by atoms with Gasteiger partial charge in [0.2, 0.25) is 0 Å². The van der Waals surface area contributed by atoms with Crippen LogP contribution in [0.5, 0.6) is 5.75 Å². The Morgan fingerprint density at radius 3 is 2.64 bits per heavy atom. The van der Waals surface area contributed by atoms with E-state index in [9.17, 15) is 19.3 Å². The molecular weight excluding hydrogens is 365 g/mol. The maximum Gasteiger partial charge on any atom is 0.364 e. The van der Waals surface area contributed by atoms with Crippen LogP contribution in [-0.2, 0) is 12.8 Å². The van der Waals surface area contributed by atoms with Gasteiger partial charge in [-0.3, -0.25) is 10.1 Å². The van der Waals surface area contributed by atoms with Crippen LogP contribution in [0.2, 0.25) is 0 Å². The summed E-state index contributed by atoms with van der Waals surface area (Å²) < 4.78 is 20.3. The number of benzene rings is 2. The van der Waals surface area contributed by atoms with Crippen LogP contribution in [0.4, 0.5) is 10.1 Å². The first kappa shape index (κ1) is 17.8. The molecule has 1 heterocycles. The minimum absolute atomic E-state index is 0.0834. The number of non-ortho nitro benzene ring substituents is 1. The summed E-state index contributed by atoms with van der Waals surface area (Å²) >= 11 is 0. The largest absolute Gasteiger partial charge is 0.421 e. The van der Waals surface area contributed by atoms with Crippen molar-refractivity contribution in [2.45, 2.75) is 25.7 Å². The van der Waals surface area contributed by atoms with Gasteiger partial charge in [-0.15, -0.1) is 0 Å². The topological polar surface area (TPSA) is 87.3 Å². The van der Waals surface area contributed by atoms with Gasteiger partial charge in [-0.2, -0.15) is 5.10 Å². The molecule has 0 atom stereocenters. The van der Waals surface area contributed by atoms with Gasteiger partial charge >= 0.3 is 5.97 Å². The van der Waals surface area contributed by atoms with Crippen molar-refractivity contribution in [3.63, 3.8) is 0 Å². The Morgan fingerprint density at radius 2 is 1.89 bits per heavy atom. The zero-order chi connectivity index (χ0) is 19.7. The highest BCUT2D eigenvalue weighted by molar-refractivity contribution is 5.91. The smallest absolute Gasteiger partial charge is 0.364 e. The lowest BCUT2D eigenvalue weighted by atomic mass is 9.95. The van der Waals surface area contributed by atoms with E-state index >= 15 is 0 Å². The van der Waals surface area contributed by atoms with Crippen LogP contribution in [0.25, 0.3) is 5.69 Å². The molecule has 0 bridgehead atoms. The van der Waals surface area contributed by atoms with Crippen molar-refractivity contribution >= 4 is 11.7 Å². The molecule has 0 N–H and O–H groups in total. The number of aromatic nitrogens is 2. The van der Waals surface area contributed by atoms with E-state index in [0.29, 0.717) is 12.1 Å². The minimum atomic E-state index is -0.667. The fourth-order valence-electron chi connectivity index (χ4n) is 3.37. The minimum Gasteiger partial charge on any atom is -0.421 e. The molecule has 4 rings (SSSR count). The molecule has 0 saturated heterocycles. The number of hydrogen-bond acceptors (Lipinski definition) is 5. The second-order valence-electron chi connectivity index (χ2n) is 6.51. The molecule has 1 aliphatic rings. The number of nitro groups is 1. The molecule has 3 aromatic rings. The van der Waals surface area contributed by atoms with E-state index in [2.05, 4.69) is 5.10 Å². The van der Waals surface area contributed by atoms with Crippen molar-refractivity contribution < 1.29 is 18.8 Å². The zero-order valence-electron chi connectivity index (χ0n) is 14.8. The molecule has 1 aliphatic carbocycles. The lowest BCUT2D eigenvalue weighted by Crippen LogP contribution is -2.13. The van der Waals surface area contributed by atoms with Crippen LogP contribution >= 0.6 is 0 Å². The standard InChI is InChI=1S/C20H16FN3O4/c21-13-8-10-14(11-9-13)23-18-7-2-1-6-17(18)19(22-23)20(25)28-16-5-3-4-15(12-16)24(26)27/h3-5,8-12H,1-2,6-7H2. The van der Waals surface area contributed by atoms with Crippen molar-refractivity contribution in [1.82, 2.24) is 9.78 Å². The Kier molecular flexibility index (Phi) is 4.60. The molecule has 0 radical (unpaired) electrons. The molecule has 0 fully saturated rings. The normalized spacial score (nSPS) is 13.0. The van der Waals surface area contributed by atoms with Gasteiger partial charge in [0.25, 0.3) is 5.69 Å². The van der Waals surface area contributed by atoms with Gasteiger partial charge in [-0.05, 0) is 56.0 Å². The molecule has 1 aromatic heterocycles. The summed E-state index contributed by atoms with van der Waals surface area (Å²) in [5, 5.41) is 15.3. The Bertz CT molecular complexity index is 1060. The van der Waals surface area contributed by atoms with E-state index in [-0.39, 0.29) is 22.9 Å². The SMILES string of the molecule is O=C(Oc1cccc([N+](=O)[O-])c1)c1nn(-c2ccc(F)cc2)c2c1CCCC2.